The molecule has 0 aliphatic carbocycles. The van der Waals surface area contributed by atoms with E-state index < -0.39 is 0 Å². The number of anilines is 3. The van der Waals surface area contributed by atoms with Crippen LogP contribution in [0.1, 0.15) is 18.1 Å². The summed E-state index contributed by atoms with van der Waals surface area (Å²) in [6.07, 6.45) is 2.16. The topological polar surface area (TPSA) is 3.24 Å². The lowest BCUT2D eigenvalue weighted by molar-refractivity contribution is 1.24. The van der Waals surface area contributed by atoms with Crippen molar-refractivity contribution in [1.29, 1.82) is 0 Å². The highest BCUT2D eigenvalue weighted by Gasteiger charge is 2.28. The first kappa shape index (κ1) is 17.2. The Labute approximate surface area is 170 Å². The second kappa shape index (κ2) is 6.88. The Morgan fingerprint density at radius 3 is 1.89 bits per heavy atom. The van der Waals surface area contributed by atoms with E-state index in [1.807, 2.05) is 11.8 Å². The number of allylic oxidation sites excluding steroid dienone is 1. The summed E-state index contributed by atoms with van der Waals surface area (Å²) < 4.78 is 0. The SMILES string of the molecule is CSC(C)=C1c2ccccc2N(c2ccc3ccccc3c2)c2ccccc21. The quantitative estimate of drug-likeness (QED) is 0.308. The van der Waals surface area contributed by atoms with E-state index in [-0.39, 0.29) is 0 Å². The van der Waals surface area contributed by atoms with E-state index in [9.17, 15) is 0 Å². The first-order valence-corrected chi connectivity index (χ1v) is 10.7. The van der Waals surface area contributed by atoms with Gasteiger partial charge in [0.05, 0.1) is 11.4 Å². The third kappa shape index (κ3) is 2.64. The van der Waals surface area contributed by atoms with E-state index >= 15 is 0 Å². The maximum absolute atomic E-state index is 2.40. The molecule has 0 atom stereocenters. The summed E-state index contributed by atoms with van der Waals surface area (Å²) in [4.78, 5) is 3.74. The summed E-state index contributed by atoms with van der Waals surface area (Å²) in [6.45, 7) is 2.22. The molecule has 4 aromatic rings. The minimum Gasteiger partial charge on any atom is -0.309 e. The molecule has 136 valence electrons. The van der Waals surface area contributed by atoms with Crippen molar-refractivity contribution in [2.75, 3.05) is 11.2 Å². The first-order chi connectivity index (χ1) is 13.8. The minimum atomic E-state index is 1.19. The van der Waals surface area contributed by atoms with Crippen LogP contribution in [-0.4, -0.2) is 6.26 Å². The van der Waals surface area contributed by atoms with Crippen LogP contribution in [-0.2, 0) is 0 Å². The Bertz CT molecular complexity index is 1170. The molecule has 1 nitrogen and oxygen atoms in total. The molecule has 1 heterocycles. The summed E-state index contributed by atoms with van der Waals surface area (Å²) in [5.41, 5.74) is 7.59. The Hall–Kier alpha value is -2.97. The lowest BCUT2D eigenvalue weighted by Crippen LogP contribution is -2.18. The molecule has 0 radical (unpaired) electrons. The Morgan fingerprint density at radius 2 is 1.25 bits per heavy atom. The number of rotatable bonds is 2. The molecule has 0 aromatic heterocycles. The third-order valence-corrected chi connectivity index (χ3v) is 6.29. The molecule has 2 heteroatoms. The van der Waals surface area contributed by atoms with Crippen molar-refractivity contribution in [3.05, 3.63) is 107 Å². The van der Waals surface area contributed by atoms with Crippen LogP contribution >= 0.6 is 11.8 Å². The molecule has 5 rings (SSSR count). The molecule has 0 spiro atoms. The lowest BCUT2D eigenvalue weighted by Gasteiger charge is -2.35. The second-order valence-electron chi connectivity index (χ2n) is 7.04. The maximum atomic E-state index is 2.40. The van der Waals surface area contributed by atoms with Crippen LogP contribution < -0.4 is 4.90 Å². The molecule has 0 amide bonds. The van der Waals surface area contributed by atoms with Crippen molar-refractivity contribution in [3.63, 3.8) is 0 Å². The van der Waals surface area contributed by atoms with Crippen LogP contribution in [0.5, 0.6) is 0 Å². The van der Waals surface area contributed by atoms with Crippen molar-refractivity contribution in [3.8, 4) is 0 Å². The maximum Gasteiger partial charge on any atom is 0.0540 e. The number of nitrogens with zero attached hydrogens (tertiary/aromatic N) is 1. The Morgan fingerprint density at radius 1 is 0.679 bits per heavy atom. The van der Waals surface area contributed by atoms with Gasteiger partial charge in [-0.2, -0.15) is 0 Å². The average Bonchev–Trinajstić information content (AvgIpc) is 2.76. The standard InChI is InChI=1S/C26H21NS/c1-18(28-2)26-22-11-5-7-13-24(22)27(25-14-8-6-12-23(25)26)21-16-15-19-9-3-4-10-20(19)17-21/h3-17H,1-2H3. The lowest BCUT2D eigenvalue weighted by atomic mass is 9.89. The molecular weight excluding hydrogens is 358 g/mol. The minimum absolute atomic E-state index is 1.19. The molecule has 0 saturated heterocycles. The summed E-state index contributed by atoms with van der Waals surface area (Å²) in [6, 6.07) is 32.8. The van der Waals surface area contributed by atoms with Gasteiger partial charge in [0.1, 0.15) is 0 Å². The van der Waals surface area contributed by atoms with Crippen molar-refractivity contribution in [2.45, 2.75) is 6.92 Å². The van der Waals surface area contributed by atoms with Crippen molar-refractivity contribution >= 4 is 45.2 Å². The van der Waals surface area contributed by atoms with Crippen molar-refractivity contribution in [1.82, 2.24) is 0 Å². The number of benzene rings is 4. The van der Waals surface area contributed by atoms with E-state index in [0.29, 0.717) is 0 Å². The van der Waals surface area contributed by atoms with Gasteiger partial charge in [0.15, 0.2) is 0 Å². The van der Waals surface area contributed by atoms with Gasteiger partial charge in [-0.25, -0.2) is 0 Å². The van der Waals surface area contributed by atoms with Crippen LogP contribution in [0, 0.1) is 0 Å². The van der Waals surface area contributed by atoms with Crippen molar-refractivity contribution < 1.29 is 0 Å². The highest BCUT2D eigenvalue weighted by Crippen LogP contribution is 2.50. The number of hydrogen-bond acceptors (Lipinski definition) is 2. The van der Waals surface area contributed by atoms with Crippen LogP contribution in [0.25, 0.3) is 16.3 Å². The second-order valence-corrected chi connectivity index (χ2v) is 8.06. The zero-order valence-corrected chi connectivity index (χ0v) is 16.8. The van der Waals surface area contributed by atoms with Gasteiger partial charge in [-0.1, -0.05) is 66.7 Å². The van der Waals surface area contributed by atoms with Crippen molar-refractivity contribution in [2.24, 2.45) is 0 Å². The fraction of sp³-hybridized carbons (Fsp3) is 0.0769. The monoisotopic (exact) mass is 379 g/mol. The van der Waals surface area contributed by atoms with Gasteiger partial charge in [-0.3, -0.25) is 0 Å². The largest absolute Gasteiger partial charge is 0.309 e. The Kier molecular flexibility index (Phi) is 4.22. The zero-order chi connectivity index (χ0) is 19.1. The summed E-state index contributed by atoms with van der Waals surface area (Å²) >= 11 is 1.82. The average molecular weight is 380 g/mol. The number of para-hydroxylation sites is 2. The highest BCUT2D eigenvalue weighted by atomic mass is 32.2. The molecule has 0 fully saturated rings. The van der Waals surface area contributed by atoms with E-state index in [1.165, 1.54) is 49.4 Å². The molecule has 0 bridgehead atoms. The van der Waals surface area contributed by atoms with E-state index in [4.69, 9.17) is 0 Å². The molecule has 0 N–H and O–H groups in total. The first-order valence-electron chi connectivity index (χ1n) is 9.50. The molecule has 0 unspecified atom stereocenters. The van der Waals surface area contributed by atoms with Gasteiger partial charge in [0.2, 0.25) is 0 Å². The number of thioether (sulfide) groups is 1. The highest BCUT2D eigenvalue weighted by molar-refractivity contribution is 8.02. The van der Waals surface area contributed by atoms with Crippen LogP contribution in [0.4, 0.5) is 17.1 Å². The zero-order valence-electron chi connectivity index (χ0n) is 16.0. The fourth-order valence-electron chi connectivity index (χ4n) is 4.11. The van der Waals surface area contributed by atoms with Gasteiger partial charge in [0.25, 0.3) is 0 Å². The smallest absolute Gasteiger partial charge is 0.0540 e. The van der Waals surface area contributed by atoms with Crippen LogP contribution in [0.15, 0.2) is 95.9 Å². The van der Waals surface area contributed by atoms with E-state index in [2.05, 4.69) is 109 Å². The fourth-order valence-corrected chi connectivity index (χ4v) is 4.53. The molecule has 28 heavy (non-hydrogen) atoms. The number of fused-ring (bicyclic) bond motifs is 3. The summed E-state index contributed by atoms with van der Waals surface area (Å²) in [5, 5.41) is 2.53. The molecule has 4 aromatic carbocycles. The molecule has 0 saturated carbocycles. The normalized spacial score (nSPS) is 12.6. The van der Waals surface area contributed by atoms with Gasteiger partial charge < -0.3 is 4.90 Å². The molecule has 1 aliphatic rings. The van der Waals surface area contributed by atoms with Gasteiger partial charge in [-0.15, -0.1) is 11.8 Å². The molecular formula is C26H21NS. The van der Waals surface area contributed by atoms with E-state index in [0.717, 1.165) is 0 Å². The summed E-state index contributed by atoms with van der Waals surface area (Å²) in [5.74, 6) is 0. The Balaban J connectivity index is 1.82. The van der Waals surface area contributed by atoms with Gasteiger partial charge in [0, 0.05) is 22.4 Å². The predicted octanol–water partition coefficient (Wildman–Crippen LogP) is 7.77. The summed E-state index contributed by atoms with van der Waals surface area (Å²) in [7, 11) is 0. The van der Waals surface area contributed by atoms with Gasteiger partial charge >= 0.3 is 0 Å². The van der Waals surface area contributed by atoms with Crippen LogP contribution in [0.2, 0.25) is 0 Å². The van der Waals surface area contributed by atoms with E-state index in [1.54, 1.807) is 0 Å². The number of hydrogen-bond donors (Lipinski definition) is 0. The van der Waals surface area contributed by atoms with Crippen LogP contribution in [0.3, 0.4) is 0 Å². The molecule has 1 aliphatic heterocycles. The third-order valence-electron chi connectivity index (χ3n) is 5.48. The predicted molar refractivity (Wildman–Crippen MR) is 124 cm³/mol. The van der Waals surface area contributed by atoms with Gasteiger partial charge in [-0.05, 0) is 53.1 Å².